The molecule has 3 heteroatoms. The Kier molecular flexibility index (Phi) is 4.37. The molecule has 0 atom stereocenters. The topological polar surface area (TPSA) is 39.1 Å². The molecule has 3 nitrogen and oxygen atoms in total. The van der Waals surface area contributed by atoms with Crippen LogP contribution in [0.4, 0.5) is 0 Å². The van der Waals surface area contributed by atoms with Gasteiger partial charge in [-0.3, -0.25) is 0 Å². The standard InChI is InChI=1S/C11H21N3/c1-14(2)9-3-8-13-10-11(4-5-11)6-7-12/h13H,3-6,8-10H2,1-2H3. The van der Waals surface area contributed by atoms with Crippen LogP contribution in [0.2, 0.25) is 0 Å². The summed E-state index contributed by atoms with van der Waals surface area (Å²) in [6.07, 6.45) is 4.39. The van der Waals surface area contributed by atoms with Gasteiger partial charge in [-0.15, -0.1) is 0 Å². The molecule has 1 rings (SSSR count). The largest absolute Gasteiger partial charge is 0.316 e. The minimum Gasteiger partial charge on any atom is -0.316 e. The van der Waals surface area contributed by atoms with Gasteiger partial charge >= 0.3 is 0 Å². The molecule has 0 aromatic heterocycles. The molecule has 14 heavy (non-hydrogen) atoms. The quantitative estimate of drug-likeness (QED) is 0.621. The fraction of sp³-hybridized carbons (Fsp3) is 0.909. The highest BCUT2D eigenvalue weighted by Gasteiger charge is 2.41. The lowest BCUT2D eigenvalue weighted by Crippen LogP contribution is -2.27. The molecule has 0 aromatic rings. The second-order valence-corrected chi connectivity index (χ2v) is 4.67. The van der Waals surface area contributed by atoms with Crippen molar-refractivity contribution < 1.29 is 0 Å². The van der Waals surface area contributed by atoms with Gasteiger partial charge in [-0.2, -0.15) is 5.26 Å². The number of hydrogen-bond acceptors (Lipinski definition) is 3. The second kappa shape index (κ2) is 5.33. The van der Waals surface area contributed by atoms with Crippen molar-refractivity contribution in [3.05, 3.63) is 0 Å². The first-order valence-corrected chi connectivity index (χ1v) is 5.41. The third-order valence-corrected chi connectivity index (χ3v) is 2.87. The molecule has 0 aromatic carbocycles. The van der Waals surface area contributed by atoms with Crippen LogP contribution in [0.1, 0.15) is 25.7 Å². The van der Waals surface area contributed by atoms with E-state index in [2.05, 4.69) is 30.4 Å². The van der Waals surface area contributed by atoms with Crippen LogP contribution in [0.5, 0.6) is 0 Å². The predicted octanol–water partition coefficient (Wildman–Crippen LogP) is 1.22. The summed E-state index contributed by atoms with van der Waals surface area (Å²) in [7, 11) is 4.19. The van der Waals surface area contributed by atoms with Crippen LogP contribution < -0.4 is 5.32 Å². The fourth-order valence-corrected chi connectivity index (χ4v) is 1.63. The van der Waals surface area contributed by atoms with Crippen LogP contribution >= 0.6 is 0 Å². The van der Waals surface area contributed by atoms with Crippen molar-refractivity contribution in [1.29, 1.82) is 5.26 Å². The molecule has 0 bridgehead atoms. The van der Waals surface area contributed by atoms with Crippen molar-refractivity contribution >= 4 is 0 Å². The third-order valence-electron chi connectivity index (χ3n) is 2.87. The lowest BCUT2D eigenvalue weighted by molar-refractivity contribution is 0.385. The molecule has 1 N–H and O–H groups in total. The van der Waals surface area contributed by atoms with E-state index in [1.807, 2.05) is 0 Å². The molecule has 0 radical (unpaired) electrons. The molecule has 1 aliphatic rings. The normalized spacial score (nSPS) is 18.1. The Hall–Kier alpha value is -0.590. The number of nitrogens with zero attached hydrogens (tertiary/aromatic N) is 2. The van der Waals surface area contributed by atoms with E-state index in [0.29, 0.717) is 5.41 Å². The summed E-state index contributed by atoms with van der Waals surface area (Å²) >= 11 is 0. The van der Waals surface area contributed by atoms with Gasteiger partial charge in [-0.05, 0) is 51.9 Å². The van der Waals surface area contributed by atoms with Gasteiger partial charge in [-0.1, -0.05) is 0 Å². The maximum absolute atomic E-state index is 8.63. The Morgan fingerprint density at radius 2 is 2.14 bits per heavy atom. The number of nitrogens with one attached hydrogen (secondary N) is 1. The zero-order valence-corrected chi connectivity index (χ0v) is 9.34. The maximum atomic E-state index is 8.63. The predicted molar refractivity (Wildman–Crippen MR) is 57.9 cm³/mol. The average molecular weight is 195 g/mol. The Labute approximate surface area is 87.1 Å². The van der Waals surface area contributed by atoms with E-state index in [1.165, 1.54) is 19.3 Å². The maximum Gasteiger partial charge on any atom is 0.0628 e. The molecule has 0 unspecified atom stereocenters. The summed E-state index contributed by atoms with van der Waals surface area (Å²) in [6, 6.07) is 2.28. The van der Waals surface area contributed by atoms with E-state index in [-0.39, 0.29) is 0 Å². The van der Waals surface area contributed by atoms with Gasteiger partial charge in [0.15, 0.2) is 0 Å². The van der Waals surface area contributed by atoms with Gasteiger partial charge in [-0.25, -0.2) is 0 Å². The van der Waals surface area contributed by atoms with Crippen LogP contribution in [0.15, 0.2) is 0 Å². The van der Waals surface area contributed by atoms with E-state index >= 15 is 0 Å². The third kappa shape index (κ3) is 4.08. The fourth-order valence-electron chi connectivity index (χ4n) is 1.63. The van der Waals surface area contributed by atoms with E-state index in [0.717, 1.165) is 26.1 Å². The highest BCUT2D eigenvalue weighted by molar-refractivity contribution is 5.00. The zero-order chi connectivity index (χ0) is 10.4. The van der Waals surface area contributed by atoms with E-state index in [1.54, 1.807) is 0 Å². The zero-order valence-electron chi connectivity index (χ0n) is 9.34. The summed E-state index contributed by atoms with van der Waals surface area (Å²) < 4.78 is 0. The SMILES string of the molecule is CN(C)CCCNCC1(CC#N)CC1. The highest BCUT2D eigenvalue weighted by Crippen LogP contribution is 2.47. The van der Waals surface area contributed by atoms with Gasteiger partial charge in [0.2, 0.25) is 0 Å². The van der Waals surface area contributed by atoms with Crippen LogP contribution in [0, 0.1) is 16.7 Å². The summed E-state index contributed by atoms with van der Waals surface area (Å²) in [5.41, 5.74) is 0.354. The second-order valence-electron chi connectivity index (χ2n) is 4.67. The summed E-state index contributed by atoms with van der Waals surface area (Å²) in [4.78, 5) is 2.20. The van der Waals surface area contributed by atoms with E-state index in [9.17, 15) is 0 Å². The lowest BCUT2D eigenvalue weighted by atomic mass is 10.0. The monoisotopic (exact) mass is 195 g/mol. The molecule has 0 amide bonds. The highest BCUT2D eigenvalue weighted by atomic mass is 15.1. The van der Waals surface area contributed by atoms with Crippen LogP contribution in [-0.4, -0.2) is 38.6 Å². The Morgan fingerprint density at radius 1 is 1.43 bits per heavy atom. The van der Waals surface area contributed by atoms with Gasteiger partial charge in [0.1, 0.15) is 0 Å². The van der Waals surface area contributed by atoms with E-state index in [4.69, 9.17) is 5.26 Å². The molecular weight excluding hydrogens is 174 g/mol. The molecule has 80 valence electrons. The van der Waals surface area contributed by atoms with Gasteiger partial charge < -0.3 is 10.2 Å². The number of rotatable bonds is 7. The van der Waals surface area contributed by atoms with Gasteiger partial charge in [0.05, 0.1) is 6.07 Å². The molecule has 1 saturated carbocycles. The molecular formula is C11H21N3. The summed E-state index contributed by atoms with van der Waals surface area (Å²) in [5, 5.41) is 12.1. The van der Waals surface area contributed by atoms with Gasteiger partial charge in [0.25, 0.3) is 0 Å². The number of hydrogen-bond donors (Lipinski definition) is 1. The van der Waals surface area contributed by atoms with E-state index < -0.39 is 0 Å². The van der Waals surface area contributed by atoms with Crippen molar-refractivity contribution in [1.82, 2.24) is 10.2 Å². The molecule has 1 fully saturated rings. The van der Waals surface area contributed by atoms with Crippen molar-refractivity contribution in [2.24, 2.45) is 5.41 Å². The first-order chi connectivity index (χ1) is 6.68. The lowest BCUT2D eigenvalue weighted by Gasteiger charge is -2.13. The summed E-state index contributed by atoms with van der Waals surface area (Å²) in [5.74, 6) is 0. The number of nitriles is 1. The molecule has 1 aliphatic carbocycles. The van der Waals surface area contributed by atoms with Crippen molar-refractivity contribution in [2.45, 2.75) is 25.7 Å². The first kappa shape index (κ1) is 11.5. The smallest absolute Gasteiger partial charge is 0.0628 e. The Morgan fingerprint density at radius 3 is 2.64 bits per heavy atom. The molecule has 0 aliphatic heterocycles. The minimum absolute atomic E-state index is 0.354. The average Bonchev–Trinajstić information content (AvgIpc) is 2.85. The van der Waals surface area contributed by atoms with Crippen molar-refractivity contribution in [2.75, 3.05) is 33.7 Å². The molecule has 0 heterocycles. The van der Waals surface area contributed by atoms with Crippen LogP contribution in [0.25, 0.3) is 0 Å². The Bertz CT molecular complexity index is 201. The molecule has 0 saturated heterocycles. The van der Waals surface area contributed by atoms with Crippen molar-refractivity contribution in [3.63, 3.8) is 0 Å². The first-order valence-electron chi connectivity index (χ1n) is 5.41. The van der Waals surface area contributed by atoms with Crippen molar-refractivity contribution in [3.8, 4) is 6.07 Å². The van der Waals surface area contributed by atoms with Crippen LogP contribution in [0.3, 0.4) is 0 Å². The van der Waals surface area contributed by atoms with Gasteiger partial charge in [0, 0.05) is 13.0 Å². The minimum atomic E-state index is 0.354. The van der Waals surface area contributed by atoms with Crippen LogP contribution in [-0.2, 0) is 0 Å². The Balaban J connectivity index is 1.97. The molecule has 0 spiro atoms. The summed E-state index contributed by atoms with van der Waals surface area (Å²) in [6.45, 7) is 3.25.